The van der Waals surface area contributed by atoms with Gasteiger partial charge in [-0.3, -0.25) is 4.79 Å². The van der Waals surface area contributed by atoms with Gasteiger partial charge in [-0.05, 0) is 12.1 Å². The smallest absolute Gasteiger partial charge is 0.253 e. The van der Waals surface area contributed by atoms with Crippen LogP contribution in [0.3, 0.4) is 0 Å². The fraction of sp³-hybridized carbons (Fsp3) is 0.231. The summed E-state index contributed by atoms with van der Waals surface area (Å²) in [5.41, 5.74) is 6.36. The molecule has 0 radical (unpaired) electrons. The Morgan fingerprint density at radius 3 is 3.00 bits per heavy atom. The van der Waals surface area contributed by atoms with E-state index in [0.29, 0.717) is 17.1 Å². The second-order valence-corrected chi connectivity index (χ2v) is 4.34. The van der Waals surface area contributed by atoms with Gasteiger partial charge in [-0.1, -0.05) is 24.6 Å². The zero-order valence-electron chi connectivity index (χ0n) is 10.4. The predicted molar refractivity (Wildman–Crippen MR) is 72.9 cm³/mol. The van der Waals surface area contributed by atoms with E-state index in [2.05, 4.69) is 10.3 Å². The molecular formula is C13H14ClN3O2. The van der Waals surface area contributed by atoms with Crippen molar-refractivity contribution in [2.24, 2.45) is 0 Å². The number of aryl methyl sites for hydroxylation is 1. The minimum absolute atomic E-state index is 0.212. The van der Waals surface area contributed by atoms with E-state index in [1.54, 1.807) is 24.4 Å². The highest BCUT2D eigenvalue weighted by atomic mass is 35.5. The van der Waals surface area contributed by atoms with Crippen molar-refractivity contribution in [2.45, 2.75) is 19.9 Å². The number of rotatable bonds is 4. The summed E-state index contributed by atoms with van der Waals surface area (Å²) in [5.74, 6) is 0.935. The second kappa shape index (κ2) is 5.75. The second-order valence-electron chi connectivity index (χ2n) is 3.97. The highest BCUT2D eigenvalue weighted by molar-refractivity contribution is 6.36. The zero-order valence-corrected chi connectivity index (χ0v) is 11.2. The van der Waals surface area contributed by atoms with Crippen molar-refractivity contribution in [1.29, 1.82) is 0 Å². The largest absolute Gasteiger partial charge is 0.444 e. The van der Waals surface area contributed by atoms with Crippen LogP contribution in [0.1, 0.15) is 28.9 Å². The van der Waals surface area contributed by atoms with Crippen LogP contribution >= 0.6 is 11.6 Å². The quantitative estimate of drug-likeness (QED) is 0.842. The lowest BCUT2D eigenvalue weighted by Gasteiger charge is -2.06. The number of amides is 1. The lowest BCUT2D eigenvalue weighted by molar-refractivity contribution is 0.0947. The van der Waals surface area contributed by atoms with E-state index < -0.39 is 0 Å². The monoisotopic (exact) mass is 279 g/mol. The number of carbonyl (C=O) groups is 1. The van der Waals surface area contributed by atoms with Gasteiger partial charge >= 0.3 is 0 Å². The molecule has 1 aromatic carbocycles. The molecule has 0 saturated carbocycles. The molecule has 6 heteroatoms. The first-order valence-electron chi connectivity index (χ1n) is 5.87. The van der Waals surface area contributed by atoms with Gasteiger partial charge in [0.15, 0.2) is 0 Å². The number of nitrogens with one attached hydrogen (secondary N) is 1. The molecule has 0 saturated heterocycles. The summed E-state index contributed by atoms with van der Waals surface area (Å²) in [4.78, 5) is 16.0. The Labute approximate surface area is 115 Å². The van der Waals surface area contributed by atoms with E-state index in [1.807, 2.05) is 6.92 Å². The van der Waals surface area contributed by atoms with E-state index in [-0.39, 0.29) is 17.5 Å². The van der Waals surface area contributed by atoms with Gasteiger partial charge in [0.2, 0.25) is 5.89 Å². The molecule has 0 spiro atoms. The molecular weight excluding hydrogens is 266 g/mol. The van der Waals surface area contributed by atoms with Crippen LogP contribution < -0.4 is 11.1 Å². The van der Waals surface area contributed by atoms with Gasteiger partial charge in [-0.25, -0.2) is 4.98 Å². The molecule has 1 amide bonds. The van der Waals surface area contributed by atoms with Crippen LogP contribution in [-0.4, -0.2) is 10.9 Å². The highest BCUT2D eigenvalue weighted by Crippen LogP contribution is 2.22. The molecule has 3 N–H and O–H groups in total. The Morgan fingerprint density at radius 1 is 1.53 bits per heavy atom. The maximum atomic E-state index is 11.9. The lowest BCUT2D eigenvalue weighted by atomic mass is 10.2. The van der Waals surface area contributed by atoms with Gasteiger partial charge < -0.3 is 15.5 Å². The van der Waals surface area contributed by atoms with Crippen LogP contribution in [0, 0.1) is 0 Å². The topological polar surface area (TPSA) is 81.2 Å². The Balaban J connectivity index is 2.03. The molecule has 0 fully saturated rings. The molecule has 2 rings (SSSR count). The van der Waals surface area contributed by atoms with Gasteiger partial charge in [0.25, 0.3) is 5.91 Å². The molecule has 0 aliphatic heterocycles. The first-order valence-corrected chi connectivity index (χ1v) is 6.25. The number of hydrogen-bond donors (Lipinski definition) is 2. The number of oxazole rings is 1. The maximum absolute atomic E-state index is 11.9. The number of nitrogen functional groups attached to an aromatic ring is 1. The summed E-state index contributed by atoms with van der Waals surface area (Å²) >= 11 is 5.97. The van der Waals surface area contributed by atoms with Crippen molar-refractivity contribution in [3.8, 4) is 0 Å². The Hall–Kier alpha value is -2.01. The van der Waals surface area contributed by atoms with Crippen LogP contribution in [-0.2, 0) is 13.0 Å². The molecule has 100 valence electrons. The van der Waals surface area contributed by atoms with Gasteiger partial charge in [-0.2, -0.15) is 0 Å². The predicted octanol–water partition coefficient (Wildman–Crippen LogP) is 2.40. The number of nitrogens with zero attached hydrogens (tertiary/aromatic N) is 1. The van der Waals surface area contributed by atoms with Crippen molar-refractivity contribution in [3.63, 3.8) is 0 Å². The molecule has 1 aromatic heterocycles. The van der Waals surface area contributed by atoms with Crippen molar-refractivity contribution in [1.82, 2.24) is 10.3 Å². The van der Waals surface area contributed by atoms with E-state index in [9.17, 15) is 4.79 Å². The molecule has 0 aliphatic carbocycles. The van der Waals surface area contributed by atoms with Crippen LogP contribution in [0.15, 0.2) is 28.8 Å². The first-order chi connectivity index (χ1) is 9.11. The summed E-state index contributed by atoms with van der Waals surface area (Å²) < 4.78 is 5.39. The van der Waals surface area contributed by atoms with Crippen LogP contribution in [0.25, 0.3) is 0 Å². The van der Waals surface area contributed by atoms with Crippen LogP contribution in [0.4, 0.5) is 5.69 Å². The summed E-state index contributed by atoms with van der Waals surface area (Å²) in [6, 6.07) is 4.93. The molecule has 19 heavy (non-hydrogen) atoms. The van der Waals surface area contributed by atoms with Gasteiger partial charge in [-0.15, -0.1) is 0 Å². The average molecular weight is 280 g/mol. The van der Waals surface area contributed by atoms with E-state index in [4.69, 9.17) is 21.8 Å². The fourth-order valence-electron chi connectivity index (χ4n) is 1.57. The van der Waals surface area contributed by atoms with Crippen LogP contribution in [0.5, 0.6) is 0 Å². The summed E-state index contributed by atoms with van der Waals surface area (Å²) in [6.45, 7) is 2.18. The lowest BCUT2D eigenvalue weighted by Crippen LogP contribution is -2.23. The molecule has 0 unspecified atom stereocenters. The number of benzene rings is 1. The Bertz CT molecular complexity index is 595. The number of carbonyl (C=O) groups excluding carboxylic acids is 1. The van der Waals surface area contributed by atoms with Crippen LogP contribution in [0.2, 0.25) is 5.02 Å². The summed E-state index contributed by atoms with van der Waals surface area (Å²) in [7, 11) is 0. The molecule has 0 aliphatic rings. The third-order valence-electron chi connectivity index (χ3n) is 2.62. The van der Waals surface area contributed by atoms with Gasteiger partial charge in [0.05, 0.1) is 29.0 Å². The van der Waals surface area contributed by atoms with Gasteiger partial charge in [0.1, 0.15) is 5.76 Å². The summed E-state index contributed by atoms with van der Waals surface area (Å²) in [5, 5.41) is 2.94. The van der Waals surface area contributed by atoms with Crippen molar-refractivity contribution < 1.29 is 9.21 Å². The van der Waals surface area contributed by atoms with E-state index >= 15 is 0 Å². The number of halogens is 1. The fourth-order valence-corrected chi connectivity index (χ4v) is 1.78. The number of nitrogens with two attached hydrogens (primary N) is 1. The van der Waals surface area contributed by atoms with Crippen molar-refractivity contribution >= 4 is 23.2 Å². The van der Waals surface area contributed by atoms with Gasteiger partial charge in [0, 0.05) is 6.42 Å². The number of hydrogen-bond acceptors (Lipinski definition) is 4. The number of aromatic nitrogens is 1. The third kappa shape index (κ3) is 3.06. The zero-order chi connectivity index (χ0) is 13.8. The standard InChI is InChI=1S/C13H14ClN3O2/c1-2-8-6-16-11(19-8)7-17-13(18)9-4-3-5-10(15)12(9)14/h3-6H,2,7,15H2,1H3,(H,17,18). The molecule has 0 atom stereocenters. The summed E-state index contributed by atoms with van der Waals surface area (Å²) in [6.07, 6.45) is 2.41. The molecule has 5 nitrogen and oxygen atoms in total. The first kappa shape index (κ1) is 13.4. The SMILES string of the molecule is CCc1cnc(CNC(=O)c2cccc(N)c2Cl)o1. The minimum Gasteiger partial charge on any atom is -0.444 e. The van der Waals surface area contributed by atoms with Crippen molar-refractivity contribution in [3.05, 3.63) is 46.6 Å². The average Bonchev–Trinajstić information content (AvgIpc) is 2.87. The normalized spacial score (nSPS) is 10.4. The maximum Gasteiger partial charge on any atom is 0.253 e. The highest BCUT2D eigenvalue weighted by Gasteiger charge is 2.12. The minimum atomic E-state index is -0.312. The molecule has 0 bridgehead atoms. The Morgan fingerprint density at radius 2 is 2.32 bits per heavy atom. The van der Waals surface area contributed by atoms with Crippen molar-refractivity contribution in [2.75, 3.05) is 5.73 Å². The Kier molecular flexibility index (Phi) is 4.06. The van der Waals surface area contributed by atoms with E-state index in [1.165, 1.54) is 0 Å². The molecule has 2 aromatic rings. The van der Waals surface area contributed by atoms with E-state index in [0.717, 1.165) is 12.2 Å². The molecule has 1 heterocycles. The third-order valence-corrected chi connectivity index (χ3v) is 3.05. The number of anilines is 1.